The molecule has 0 saturated carbocycles. The number of hydrogen-bond acceptors (Lipinski definition) is 5. The molecular weight excluding hydrogens is 676 g/mol. The van der Waals surface area contributed by atoms with Gasteiger partial charge < -0.3 is 14.4 Å². The maximum atomic E-state index is 15.8. The molecule has 2 aliphatic heterocycles. The fourth-order valence-electron chi connectivity index (χ4n) is 6.40. The highest BCUT2D eigenvalue weighted by Crippen LogP contribution is 2.54. The number of fused-ring (bicyclic) bond motifs is 2. The molecule has 2 N–H and O–H groups in total. The number of halogens is 4. The molecule has 1 aliphatic carbocycles. The van der Waals surface area contributed by atoms with Crippen LogP contribution < -0.4 is 14.8 Å². The number of allylic oxidation sites excluding steroid dienone is 3. The van der Waals surface area contributed by atoms with E-state index in [1.165, 1.54) is 4.90 Å². The summed E-state index contributed by atoms with van der Waals surface area (Å²) in [6.07, 6.45) is 6.27. The molecule has 3 aliphatic rings. The van der Waals surface area contributed by atoms with Crippen molar-refractivity contribution >= 4 is 27.9 Å². The molecule has 2 heterocycles. The second kappa shape index (κ2) is 15.1. The number of benzene rings is 2. The molecule has 0 aromatic heterocycles. The average molecular weight is 722 g/mol. The van der Waals surface area contributed by atoms with Gasteiger partial charge in [0.05, 0.1) is 17.5 Å². The highest BCUT2D eigenvalue weighted by molar-refractivity contribution is 7.85. The monoisotopic (exact) mass is 721 g/mol. The van der Waals surface area contributed by atoms with Crippen LogP contribution in [0.3, 0.4) is 0 Å². The number of rotatable bonds is 13. The lowest BCUT2D eigenvalue weighted by atomic mass is 9.76. The van der Waals surface area contributed by atoms with Crippen LogP contribution in [0.1, 0.15) is 89.5 Å². The van der Waals surface area contributed by atoms with Crippen LogP contribution >= 0.6 is 0 Å². The van der Waals surface area contributed by atoms with Gasteiger partial charge in [-0.25, -0.2) is 22.1 Å². The Morgan fingerprint density at radius 3 is 2.28 bits per heavy atom. The summed E-state index contributed by atoms with van der Waals surface area (Å²) in [6.45, 7) is 7.66. The number of aliphatic carboxylic acids is 1. The Morgan fingerprint density at radius 1 is 0.980 bits per heavy atom. The molecule has 0 saturated heterocycles. The Balaban J connectivity index is 1.88. The predicted octanol–water partition coefficient (Wildman–Crippen LogP) is 7.65. The number of carbonyl (C=O) groups is 1. The molecule has 0 spiro atoms. The molecule has 1 aromatic carbocycles. The van der Waals surface area contributed by atoms with E-state index in [9.17, 15) is 26.5 Å². The standard InChI is InChI=1S/C37H44F4N2O6S/c1-36(2,3)28-21-23(25-17-16-24(42(5)6)22-26(25)49-28)13-12-14-27-37(4,18-9-11-20-50(46,47)48)30-31(38)32(39)33(40)34(41)35(30)43(27)19-10-7-8-15-29(44)45/h12-14,16-17,21-22H,7-11,15,18-20H2,1-6H3,(H-,44,45,46,47,48)/p+1. The van der Waals surface area contributed by atoms with Crippen LogP contribution in [0.2, 0.25) is 0 Å². The van der Waals surface area contributed by atoms with Crippen molar-refractivity contribution in [2.45, 2.75) is 83.5 Å². The van der Waals surface area contributed by atoms with E-state index in [4.69, 9.17) is 9.52 Å². The van der Waals surface area contributed by atoms with Crippen LogP contribution in [0.15, 0.2) is 46.5 Å². The largest absolute Gasteiger partial charge is 0.481 e. The van der Waals surface area contributed by atoms with Gasteiger partial charge in [-0.1, -0.05) is 45.8 Å². The predicted molar refractivity (Wildman–Crippen MR) is 186 cm³/mol. The molecule has 8 nitrogen and oxygen atoms in total. The first kappa shape index (κ1) is 38.8. The summed E-state index contributed by atoms with van der Waals surface area (Å²) in [7, 11) is -0.454. The van der Waals surface area contributed by atoms with E-state index in [2.05, 4.69) is 0 Å². The minimum Gasteiger partial charge on any atom is -0.481 e. The highest BCUT2D eigenvalue weighted by atomic mass is 32.2. The molecule has 1 atom stereocenters. The lowest BCUT2D eigenvalue weighted by Gasteiger charge is -2.30. The number of hydrogen-bond donors (Lipinski definition) is 2. The third-order valence-electron chi connectivity index (χ3n) is 9.09. The fraction of sp³-hybridized carbons (Fsp3) is 0.459. The molecular formula is C37H45F4N2O6S+. The van der Waals surface area contributed by atoms with Gasteiger partial charge in [-0.3, -0.25) is 9.35 Å². The zero-order chi connectivity index (χ0) is 37.2. The summed E-state index contributed by atoms with van der Waals surface area (Å²) in [6, 6.07) is 7.72. The van der Waals surface area contributed by atoms with Crippen LogP contribution in [-0.2, 0) is 25.7 Å². The minimum atomic E-state index is -4.29. The maximum absolute atomic E-state index is 15.8. The molecule has 272 valence electrons. The van der Waals surface area contributed by atoms with E-state index >= 15 is 8.78 Å². The lowest BCUT2D eigenvalue weighted by Crippen LogP contribution is -2.30. The van der Waals surface area contributed by atoms with Gasteiger partial charge in [-0.2, -0.15) is 8.42 Å². The molecule has 0 bridgehead atoms. The molecule has 50 heavy (non-hydrogen) atoms. The molecule has 0 amide bonds. The normalized spacial score (nSPS) is 17.3. The minimum absolute atomic E-state index is 0.0140. The van der Waals surface area contributed by atoms with Gasteiger partial charge in [0.2, 0.25) is 5.36 Å². The summed E-state index contributed by atoms with van der Waals surface area (Å²) in [5.41, 5.74) is -0.709. The Kier molecular flexibility index (Phi) is 11.7. The van der Waals surface area contributed by atoms with E-state index in [1.807, 2.05) is 69.8 Å². The Hall–Kier alpha value is -3.97. The third-order valence-corrected chi connectivity index (χ3v) is 9.89. The second-order valence-corrected chi connectivity index (χ2v) is 15.8. The number of anilines is 1. The van der Waals surface area contributed by atoms with Gasteiger partial charge in [0, 0.05) is 46.7 Å². The third kappa shape index (κ3) is 8.48. The first-order valence-corrected chi connectivity index (χ1v) is 18.2. The number of nitrogens with zero attached hydrogens (tertiary/aromatic N) is 2. The summed E-state index contributed by atoms with van der Waals surface area (Å²) < 4.78 is 101. The van der Waals surface area contributed by atoms with E-state index in [1.54, 1.807) is 19.1 Å². The molecule has 13 heteroatoms. The zero-order valence-corrected chi connectivity index (χ0v) is 30.1. The average Bonchev–Trinajstić information content (AvgIpc) is 3.26. The first-order chi connectivity index (χ1) is 23.3. The van der Waals surface area contributed by atoms with Gasteiger partial charge in [0.25, 0.3) is 10.1 Å². The maximum Gasteiger partial charge on any atom is 0.303 e. The van der Waals surface area contributed by atoms with Crippen molar-refractivity contribution in [2.75, 3.05) is 31.3 Å². The Bertz CT molecular complexity index is 1980. The van der Waals surface area contributed by atoms with Crippen molar-refractivity contribution < 1.29 is 44.9 Å². The summed E-state index contributed by atoms with van der Waals surface area (Å²) in [5.74, 6) is -7.17. The van der Waals surface area contributed by atoms with E-state index in [0.717, 1.165) is 16.5 Å². The molecule has 1 aromatic rings. The summed E-state index contributed by atoms with van der Waals surface area (Å²) in [5, 5.41) is 9.97. The van der Waals surface area contributed by atoms with Gasteiger partial charge in [0.1, 0.15) is 25.6 Å². The fourth-order valence-corrected chi connectivity index (χ4v) is 6.97. The summed E-state index contributed by atoms with van der Waals surface area (Å²) >= 11 is 0. The Morgan fingerprint density at radius 2 is 1.66 bits per heavy atom. The molecule has 1 unspecified atom stereocenters. The van der Waals surface area contributed by atoms with Crippen molar-refractivity contribution in [1.29, 1.82) is 0 Å². The lowest BCUT2D eigenvalue weighted by molar-refractivity contribution is -0.137. The highest BCUT2D eigenvalue weighted by Gasteiger charge is 2.49. The van der Waals surface area contributed by atoms with Gasteiger partial charge in [-0.05, 0) is 56.4 Å². The van der Waals surface area contributed by atoms with Gasteiger partial charge in [-0.15, -0.1) is 0 Å². The van der Waals surface area contributed by atoms with Crippen molar-refractivity contribution in [1.82, 2.24) is 4.58 Å². The Labute approximate surface area is 290 Å². The van der Waals surface area contributed by atoms with Crippen LogP contribution in [0, 0.1) is 23.3 Å². The summed E-state index contributed by atoms with van der Waals surface area (Å²) in [4.78, 5) is 12.4. The topological polar surface area (TPSA) is 111 Å². The molecule has 0 radical (unpaired) electrons. The quantitative estimate of drug-likeness (QED) is 0.0466. The van der Waals surface area contributed by atoms with E-state index in [0.29, 0.717) is 36.5 Å². The van der Waals surface area contributed by atoms with Crippen LogP contribution in [-0.4, -0.2) is 50.4 Å². The van der Waals surface area contributed by atoms with Crippen molar-refractivity contribution in [2.24, 2.45) is 0 Å². The molecule has 0 fully saturated rings. The van der Waals surface area contributed by atoms with Gasteiger partial charge in [0.15, 0.2) is 23.3 Å². The second-order valence-electron chi connectivity index (χ2n) is 14.2. The smallest absolute Gasteiger partial charge is 0.303 e. The van der Waals surface area contributed by atoms with E-state index in [-0.39, 0.29) is 43.2 Å². The molecule has 4 rings (SSSR count). The SMILES string of the molecule is C[N+](C)=c1ccc2c(/C=C/C=C3/N(CCCCCC(=O)O)c4c(F)c(F)c(F)c(F)c4C3(C)CCCCS(=O)(=O)O)cc(C(C)(C)C)oc-2c1. The van der Waals surface area contributed by atoms with Crippen LogP contribution in [0.25, 0.3) is 17.4 Å². The van der Waals surface area contributed by atoms with Crippen LogP contribution in [0.5, 0.6) is 0 Å². The van der Waals surface area contributed by atoms with Gasteiger partial charge >= 0.3 is 5.97 Å². The van der Waals surface area contributed by atoms with Crippen molar-refractivity contribution in [3.8, 4) is 11.3 Å². The van der Waals surface area contributed by atoms with E-state index < -0.39 is 56.2 Å². The number of unbranched alkanes of at least 4 members (excludes halogenated alkanes) is 3. The first-order valence-electron chi connectivity index (χ1n) is 16.5. The number of carboxylic acids is 1. The zero-order valence-electron chi connectivity index (χ0n) is 29.2. The van der Waals surface area contributed by atoms with Crippen molar-refractivity contribution in [3.63, 3.8) is 0 Å². The van der Waals surface area contributed by atoms with Crippen LogP contribution in [0.4, 0.5) is 23.2 Å². The number of carboxylic acid groups (broad SMARTS) is 1. The van der Waals surface area contributed by atoms with Crippen molar-refractivity contribution in [3.05, 3.63) is 87.6 Å².